The van der Waals surface area contributed by atoms with Gasteiger partial charge in [0.2, 0.25) is 0 Å². The third kappa shape index (κ3) is 3.11. The molecule has 2 aromatic carbocycles. The van der Waals surface area contributed by atoms with Crippen molar-refractivity contribution in [1.29, 1.82) is 0 Å². The highest BCUT2D eigenvalue weighted by molar-refractivity contribution is 5.78. The number of para-hydroxylation sites is 1. The third-order valence-electron chi connectivity index (χ3n) is 5.13. The molecule has 128 valence electrons. The molecule has 4 rings (SSSR count). The Kier molecular flexibility index (Phi) is 4.38. The summed E-state index contributed by atoms with van der Waals surface area (Å²) in [6.07, 6.45) is 2.08. The van der Waals surface area contributed by atoms with Gasteiger partial charge >= 0.3 is 0 Å². The number of nitrogens with one attached hydrogen (secondary N) is 1. The van der Waals surface area contributed by atoms with Gasteiger partial charge in [0.15, 0.2) is 0 Å². The average molecular weight is 334 g/mol. The van der Waals surface area contributed by atoms with Gasteiger partial charge in [0.1, 0.15) is 0 Å². The monoisotopic (exact) mass is 334 g/mol. The van der Waals surface area contributed by atoms with Crippen LogP contribution in [0.2, 0.25) is 0 Å². The van der Waals surface area contributed by atoms with Gasteiger partial charge in [0, 0.05) is 30.2 Å². The molecule has 4 nitrogen and oxygen atoms in total. The van der Waals surface area contributed by atoms with E-state index in [4.69, 9.17) is 0 Å². The molecule has 4 heteroatoms. The molecule has 25 heavy (non-hydrogen) atoms. The van der Waals surface area contributed by atoms with Crippen molar-refractivity contribution in [3.8, 4) is 0 Å². The molecule has 0 saturated heterocycles. The number of nitrogens with zero attached hydrogens (tertiary/aromatic N) is 1. The number of aromatic nitrogens is 1. The Balaban J connectivity index is 1.67. The Bertz CT molecular complexity index is 948. The lowest BCUT2D eigenvalue weighted by Crippen LogP contribution is -2.32. The Hall–Kier alpha value is -2.43. The number of H-pyrrole nitrogens is 1. The topological polar surface area (TPSA) is 56.3 Å². The van der Waals surface area contributed by atoms with Crippen LogP contribution in [0.3, 0.4) is 0 Å². The van der Waals surface area contributed by atoms with Gasteiger partial charge in [-0.05, 0) is 41.5 Å². The lowest BCUT2D eigenvalue weighted by Gasteiger charge is -2.29. The van der Waals surface area contributed by atoms with E-state index in [1.54, 1.807) is 0 Å². The van der Waals surface area contributed by atoms with E-state index < -0.39 is 0 Å². The third-order valence-corrected chi connectivity index (χ3v) is 5.13. The zero-order valence-corrected chi connectivity index (χ0v) is 14.1. The molecular formula is C21H22N2O2. The van der Waals surface area contributed by atoms with Crippen molar-refractivity contribution in [1.82, 2.24) is 9.88 Å². The maximum Gasteiger partial charge on any atom is 0.252 e. The highest BCUT2D eigenvalue weighted by atomic mass is 16.3. The summed E-state index contributed by atoms with van der Waals surface area (Å²) in [5.74, 6) is 0. The number of fused-ring (bicyclic) bond motifs is 2. The van der Waals surface area contributed by atoms with Crippen molar-refractivity contribution in [2.24, 2.45) is 0 Å². The summed E-state index contributed by atoms with van der Waals surface area (Å²) in [6, 6.07) is 18.5. The second-order valence-corrected chi connectivity index (χ2v) is 6.66. The van der Waals surface area contributed by atoms with Crippen LogP contribution in [0, 0.1) is 0 Å². The number of pyridine rings is 1. The minimum atomic E-state index is -0.0482. The fraction of sp³-hybridized carbons (Fsp3) is 0.286. The number of aliphatic hydroxyl groups is 1. The molecule has 0 bridgehead atoms. The maximum absolute atomic E-state index is 12.5. The van der Waals surface area contributed by atoms with E-state index in [9.17, 15) is 9.90 Å². The Morgan fingerprint density at radius 1 is 1.12 bits per heavy atom. The number of hydrogen-bond acceptors (Lipinski definition) is 3. The summed E-state index contributed by atoms with van der Waals surface area (Å²) in [7, 11) is 0. The largest absolute Gasteiger partial charge is 0.395 e. The molecule has 0 saturated carbocycles. The fourth-order valence-corrected chi connectivity index (χ4v) is 3.92. The normalized spacial score (nSPS) is 16.5. The lowest BCUT2D eigenvalue weighted by molar-refractivity contribution is 0.142. The first kappa shape index (κ1) is 16.1. The molecule has 1 aliphatic rings. The van der Waals surface area contributed by atoms with Gasteiger partial charge in [0.25, 0.3) is 5.56 Å². The predicted molar refractivity (Wildman–Crippen MR) is 99.6 cm³/mol. The van der Waals surface area contributed by atoms with E-state index in [2.05, 4.69) is 34.1 Å². The zero-order chi connectivity index (χ0) is 17.2. The Morgan fingerprint density at radius 3 is 2.80 bits per heavy atom. The number of rotatable bonds is 5. The number of aliphatic hydroxyl groups excluding tert-OH is 1. The van der Waals surface area contributed by atoms with Gasteiger partial charge < -0.3 is 10.1 Å². The summed E-state index contributed by atoms with van der Waals surface area (Å²) in [4.78, 5) is 17.7. The summed E-state index contributed by atoms with van der Waals surface area (Å²) < 4.78 is 0. The predicted octanol–water partition coefficient (Wildman–Crippen LogP) is 3.01. The van der Waals surface area contributed by atoms with Crippen molar-refractivity contribution in [2.45, 2.75) is 25.4 Å². The number of hydrogen-bond donors (Lipinski definition) is 2. The summed E-state index contributed by atoms with van der Waals surface area (Å²) in [5, 5.41) is 10.6. The van der Waals surface area contributed by atoms with Crippen LogP contribution in [0.4, 0.5) is 0 Å². The van der Waals surface area contributed by atoms with Gasteiger partial charge in [-0.1, -0.05) is 42.5 Å². The van der Waals surface area contributed by atoms with Crippen molar-refractivity contribution in [3.05, 3.63) is 81.6 Å². The van der Waals surface area contributed by atoms with E-state index in [1.807, 2.05) is 30.3 Å². The first-order valence-corrected chi connectivity index (χ1v) is 8.80. The molecule has 1 heterocycles. The molecule has 0 radical (unpaired) electrons. The summed E-state index contributed by atoms with van der Waals surface area (Å²) in [6.45, 7) is 1.19. The average Bonchev–Trinajstić information content (AvgIpc) is 3.06. The van der Waals surface area contributed by atoms with E-state index in [-0.39, 0.29) is 18.2 Å². The van der Waals surface area contributed by atoms with Crippen molar-refractivity contribution < 1.29 is 5.11 Å². The molecule has 1 aliphatic carbocycles. The van der Waals surface area contributed by atoms with E-state index in [0.717, 1.165) is 29.3 Å². The highest BCUT2D eigenvalue weighted by Crippen LogP contribution is 2.36. The first-order valence-electron chi connectivity index (χ1n) is 8.80. The highest BCUT2D eigenvalue weighted by Gasteiger charge is 2.27. The van der Waals surface area contributed by atoms with Gasteiger partial charge in [-0.3, -0.25) is 9.69 Å². The van der Waals surface area contributed by atoms with Gasteiger partial charge in [-0.15, -0.1) is 0 Å². The summed E-state index contributed by atoms with van der Waals surface area (Å²) >= 11 is 0. The van der Waals surface area contributed by atoms with Crippen LogP contribution in [-0.2, 0) is 13.0 Å². The molecule has 1 unspecified atom stereocenters. The molecule has 0 amide bonds. The van der Waals surface area contributed by atoms with Crippen LogP contribution >= 0.6 is 0 Å². The SMILES string of the molecule is O=c1[nH]c2ccccc2cc1CN(CCO)C1CCc2ccccc21. The first-order chi connectivity index (χ1) is 12.3. The van der Waals surface area contributed by atoms with Crippen LogP contribution in [0.5, 0.6) is 0 Å². The standard InChI is InChI=1S/C21H22N2O2/c24-12-11-23(20-10-9-15-5-1-3-7-18(15)20)14-17-13-16-6-2-4-8-19(16)22-21(17)25/h1-8,13,20,24H,9-12,14H2,(H,22,25). The van der Waals surface area contributed by atoms with Crippen LogP contribution in [0.25, 0.3) is 10.9 Å². The van der Waals surface area contributed by atoms with Crippen LogP contribution < -0.4 is 5.56 Å². The number of benzene rings is 2. The van der Waals surface area contributed by atoms with Crippen LogP contribution in [-0.4, -0.2) is 28.1 Å². The molecule has 2 N–H and O–H groups in total. The zero-order valence-electron chi connectivity index (χ0n) is 14.1. The van der Waals surface area contributed by atoms with Gasteiger partial charge in [0.05, 0.1) is 6.61 Å². The molecule has 0 aliphatic heterocycles. The molecule has 0 fully saturated rings. The van der Waals surface area contributed by atoms with E-state index >= 15 is 0 Å². The van der Waals surface area contributed by atoms with Crippen molar-refractivity contribution >= 4 is 10.9 Å². The second-order valence-electron chi connectivity index (χ2n) is 6.66. The van der Waals surface area contributed by atoms with Crippen molar-refractivity contribution in [3.63, 3.8) is 0 Å². The maximum atomic E-state index is 12.5. The smallest absolute Gasteiger partial charge is 0.252 e. The van der Waals surface area contributed by atoms with Gasteiger partial charge in [-0.25, -0.2) is 0 Å². The second kappa shape index (κ2) is 6.82. The van der Waals surface area contributed by atoms with Crippen LogP contribution in [0.1, 0.15) is 29.2 Å². The molecule has 1 atom stereocenters. The van der Waals surface area contributed by atoms with E-state index in [0.29, 0.717) is 13.1 Å². The quantitative estimate of drug-likeness (QED) is 0.754. The molecule has 0 spiro atoms. The minimum Gasteiger partial charge on any atom is -0.395 e. The Labute approximate surface area is 146 Å². The number of aromatic amines is 1. The van der Waals surface area contributed by atoms with Crippen molar-refractivity contribution in [2.75, 3.05) is 13.2 Å². The van der Waals surface area contributed by atoms with Crippen LogP contribution in [0.15, 0.2) is 59.4 Å². The van der Waals surface area contributed by atoms with Gasteiger partial charge in [-0.2, -0.15) is 0 Å². The summed E-state index contributed by atoms with van der Waals surface area (Å²) in [5.41, 5.74) is 4.26. The number of aryl methyl sites for hydroxylation is 1. The van der Waals surface area contributed by atoms with E-state index in [1.165, 1.54) is 11.1 Å². The molecule has 1 aromatic heterocycles. The Morgan fingerprint density at radius 2 is 1.92 bits per heavy atom. The molecule has 3 aromatic rings. The molecular weight excluding hydrogens is 312 g/mol. The fourth-order valence-electron chi connectivity index (χ4n) is 3.92. The lowest BCUT2D eigenvalue weighted by atomic mass is 10.1. The minimum absolute atomic E-state index is 0.0482.